The number of nitrogens with two attached hydrogens (primary N) is 2. The van der Waals surface area contributed by atoms with E-state index in [1.165, 1.54) is 0 Å². The highest BCUT2D eigenvalue weighted by Crippen LogP contribution is 2.33. The Morgan fingerprint density at radius 2 is 1.72 bits per heavy atom. The lowest BCUT2D eigenvalue weighted by molar-refractivity contribution is 0.0688. The number of carbonyl (C=O) groups excluding carboxylic acids is 1. The number of amides is 1. The molecule has 2 aliphatic rings. The molecular formula is C29H34N4O3. The van der Waals surface area contributed by atoms with Gasteiger partial charge < -0.3 is 25.8 Å². The number of ether oxygens (including phenoxy) is 2. The number of aliphatic imine (C=N–C) groups is 1. The third-order valence-electron chi connectivity index (χ3n) is 7.19. The van der Waals surface area contributed by atoms with Crippen LogP contribution in [0.4, 0.5) is 0 Å². The summed E-state index contributed by atoms with van der Waals surface area (Å²) in [5, 5.41) is 2.05. The van der Waals surface area contributed by atoms with Crippen LogP contribution in [0.15, 0.2) is 65.7 Å². The third kappa shape index (κ3) is 5.56. The zero-order valence-corrected chi connectivity index (χ0v) is 20.6. The van der Waals surface area contributed by atoms with Gasteiger partial charge in [-0.1, -0.05) is 48.9 Å². The van der Waals surface area contributed by atoms with Gasteiger partial charge in [-0.2, -0.15) is 0 Å². The Hall–Kier alpha value is -3.74. The first-order valence-corrected chi connectivity index (χ1v) is 12.8. The van der Waals surface area contributed by atoms with Gasteiger partial charge in [-0.05, 0) is 65.6 Å². The minimum absolute atomic E-state index is 0.0491. The molecule has 1 heterocycles. The molecule has 0 bridgehead atoms. The summed E-state index contributed by atoms with van der Waals surface area (Å²) in [6.07, 6.45) is 4.35. The number of benzene rings is 3. The van der Waals surface area contributed by atoms with Crippen molar-refractivity contribution in [2.24, 2.45) is 28.3 Å². The summed E-state index contributed by atoms with van der Waals surface area (Å²) in [7, 11) is 0. The van der Waals surface area contributed by atoms with Crippen LogP contribution in [-0.4, -0.2) is 43.1 Å². The number of fused-ring (bicyclic) bond motifs is 2. The zero-order valence-electron chi connectivity index (χ0n) is 20.6. The fraction of sp³-hybridized carbons (Fsp3) is 0.379. The van der Waals surface area contributed by atoms with Crippen LogP contribution < -0.4 is 20.9 Å². The molecule has 1 amide bonds. The lowest BCUT2D eigenvalue weighted by atomic mass is 9.81. The summed E-state index contributed by atoms with van der Waals surface area (Å²) >= 11 is 0. The van der Waals surface area contributed by atoms with Crippen molar-refractivity contribution >= 4 is 22.6 Å². The van der Waals surface area contributed by atoms with Crippen molar-refractivity contribution in [2.45, 2.75) is 32.2 Å². The highest BCUT2D eigenvalue weighted by molar-refractivity contribution is 6.07. The Morgan fingerprint density at radius 3 is 2.58 bits per heavy atom. The molecule has 0 saturated heterocycles. The van der Waals surface area contributed by atoms with Crippen LogP contribution in [0.1, 0.15) is 41.6 Å². The second-order valence-electron chi connectivity index (χ2n) is 9.85. The van der Waals surface area contributed by atoms with Gasteiger partial charge in [-0.3, -0.25) is 9.79 Å². The molecule has 1 aliphatic carbocycles. The molecule has 3 aromatic carbocycles. The van der Waals surface area contributed by atoms with E-state index in [1.807, 2.05) is 65.6 Å². The number of rotatable bonds is 7. The molecule has 1 aliphatic heterocycles. The zero-order chi connectivity index (χ0) is 24.9. The standard InChI is InChI=1S/C29H34N4O3/c30-29(31)32-17-20-5-3-6-21(15-20)18-33(19-22-11-12-26-27(16-22)36-14-13-35-26)28(34)25-10-4-8-23-7-1-2-9-24(23)25/h1-2,4,7-12,16,20-21H,3,5-6,13-15,17-19H2,(H4,30,31,32). The average molecular weight is 487 g/mol. The number of nitrogens with zero attached hydrogens (tertiary/aromatic N) is 2. The molecule has 36 heavy (non-hydrogen) atoms. The van der Waals surface area contributed by atoms with E-state index in [2.05, 4.69) is 4.99 Å². The first-order chi connectivity index (χ1) is 17.6. The fourth-order valence-electron chi connectivity index (χ4n) is 5.49. The topological polar surface area (TPSA) is 103 Å². The first kappa shape index (κ1) is 24.0. The van der Waals surface area contributed by atoms with Crippen molar-refractivity contribution in [1.82, 2.24) is 4.90 Å². The van der Waals surface area contributed by atoms with Crippen LogP contribution in [0.5, 0.6) is 11.5 Å². The molecule has 1 fully saturated rings. The maximum absolute atomic E-state index is 14.0. The van der Waals surface area contributed by atoms with E-state index in [0.717, 1.165) is 59.1 Å². The fourth-order valence-corrected chi connectivity index (χ4v) is 5.49. The van der Waals surface area contributed by atoms with Crippen molar-refractivity contribution in [1.29, 1.82) is 0 Å². The van der Waals surface area contributed by atoms with Gasteiger partial charge in [0, 0.05) is 25.2 Å². The van der Waals surface area contributed by atoms with E-state index in [0.29, 0.717) is 44.7 Å². The lowest BCUT2D eigenvalue weighted by Crippen LogP contribution is -2.37. The summed E-state index contributed by atoms with van der Waals surface area (Å²) < 4.78 is 11.5. The Bertz CT molecular complexity index is 1250. The number of hydrogen-bond acceptors (Lipinski definition) is 4. The minimum atomic E-state index is 0.0491. The second-order valence-corrected chi connectivity index (χ2v) is 9.85. The van der Waals surface area contributed by atoms with Crippen molar-refractivity contribution in [3.63, 3.8) is 0 Å². The first-order valence-electron chi connectivity index (χ1n) is 12.8. The van der Waals surface area contributed by atoms with Gasteiger partial charge in [0.05, 0.1) is 0 Å². The van der Waals surface area contributed by atoms with Crippen molar-refractivity contribution < 1.29 is 14.3 Å². The average Bonchev–Trinajstić information content (AvgIpc) is 2.91. The molecule has 0 radical (unpaired) electrons. The summed E-state index contributed by atoms with van der Waals surface area (Å²) in [5.74, 6) is 2.53. The number of carbonyl (C=O) groups is 1. The third-order valence-corrected chi connectivity index (χ3v) is 7.19. The van der Waals surface area contributed by atoms with Gasteiger partial charge in [-0.25, -0.2) is 0 Å². The summed E-state index contributed by atoms with van der Waals surface area (Å²) in [6, 6.07) is 20.0. The molecule has 5 rings (SSSR count). The maximum atomic E-state index is 14.0. The predicted octanol–water partition coefficient (Wildman–Crippen LogP) is 4.33. The molecule has 0 spiro atoms. The Morgan fingerprint density at radius 1 is 0.944 bits per heavy atom. The van der Waals surface area contributed by atoms with Gasteiger partial charge >= 0.3 is 0 Å². The van der Waals surface area contributed by atoms with Gasteiger partial charge in [0.15, 0.2) is 17.5 Å². The highest BCUT2D eigenvalue weighted by Gasteiger charge is 2.27. The quantitative estimate of drug-likeness (QED) is 0.382. The van der Waals surface area contributed by atoms with Crippen LogP contribution in [0.25, 0.3) is 10.8 Å². The number of guanidine groups is 1. The second kappa shape index (κ2) is 10.9. The van der Waals surface area contributed by atoms with Crippen molar-refractivity contribution in [2.75, 3.05) is 26.3 Å². The van der Waals surface area contributed by atoms with Crippen LogP contribution in [0, 0.1) is 11.8 Å². The van der Waals surface area contributed by atoms with E-state index in [1.54, 1.807) is 0 Å². The Kier molecular flexibility index (Phi) is 7.26. The molecule has 3 aromatic rings. The molecule has 2 unspecified atom stereocenters. The molecule has 7 heteroatoms. The molecule has 0 aromatic heterocycles. The number of hydrogen-bond donors (Lipinski definition) is 2. The van der Waals surface area contributed by atoms with E-state index in [4.69, 9.17) is 20.9 Å². The van der Waals surface area contributed by atoms with Gasteiger partial charge in [0.1, 0.15) is 13.2 Å². The summed E-state index contributed by atoms with van der Waals surface area (Å²) in [6.45, 7) is 2.94. The monoisotopic (exact) mass is 486 g/mol. The summed E-state index contributed by atoms with van der Waals surface area (Å²) in [5.41, 5.74) is 12.9. The van der Waals surface area contributed by atoms with E-state index >= 15 is 0 Å². The Labute approximate surface area is 212 Å². The van der Waals surface area contributed by atoms with Gasteiger partial charge in [0.2, 0.25) is 0 Å². The SMILES string of the molecule is NC(N)=NCC1CCCC(CN(Cc2ccc3c(c2)OCCO3)C(=O)c2cccc3ccccc23)C1. The predicted molar refractivity (Wildman–Crippen MR) is 142 cm³/mol. The Balaban J connectivity index is 1.41. The van der Waals surface area contributed by atoms with Crippen LogP contribution in [0.2, 0.25) is 0 Å². The van der Waals surface area contributed by atoms with Crippen LogP contribution in [-0.2, 0) is 6.54 Å². The van der Waals surface area contributed by atoms with E-state index < -0.39 is 0 Å². The largest absolute Gasteiger partial charge is 0.486 e. The molecule has 4 N–H and O–H groups in total. The normalized spacial score (nSPS) is 19.0. The van der Waals surface area contributed by atoms with Gasteiger partial charge in [0.25, 0.3) is 5.91 Å². The maximum Gasteiger partial charge on any atom is 0.254 e. The highest BCUT2D eigenvalue weighted by atomic mass is 16.6. The summed E-state index contributed by atoms with van der Waals surface area (Å²) in [4.78, 5) is 20.3. The molecule has 2 atom stereocenters. The van der Waals surface area contributed by atoms with E-state index in [-0.39, 0.29) is 11.9 Å². The minimum Gasteiger partial charge on any atom is -0.486 e. The molecule has 1 saturated carbocycles. The van der Waals surface area contributed by atoms with E-state index in [9.17, 15) is 4.79 Å². The van der Waals surface area contributed by atoms with Crippen molar-refractivity contribution in [3.8, 4) is 11.5 Å². The molecular weight excluding hydrogens is 452 g/mol. The molecule has 7 nitrogen and oxygen atoms in total. The lowest BCUT2D eigenvalue weighted by Gasteiger charge is -2.33. The van der Waals surface area contributed by atoms with Crippen molar-refractivity contribution in [3.05, 3.63) is 71.8 Å². The van der Waals surface area contributed by atoms with Crippen LogP contribution >= 0.6 is 0 Å². The smallest absolute Gasteiger partial charge is 0.254 e. The van der Waals surface area contributed by atoms with Gasteiger partial charge in [-0.15, -0.1) is 0 Å². The van der Waals surface area contributed by atoms with Crippen LogP contribution in [0.3, 0.4) is 0 Å². The molecule has 188 valence electrons.